The summed E-state index contributed by atoms with van der Waals surface area (Å²) < 4.78 is 9.45. The number of hydrogen-bond donors (Lipinski definition) is 4. The van der Waals surface area contributed by atoms with Crippen molar-refractivity contribution in [3.63, 3.8) is 0 Å². The first-order chi connectivity index (χ1) is 27.9. The SMILES string of the molecule is COC(=O)N[C@H](C(=O)N1CCC[C@H]1C(=O)Nc1ccc(-c2ccc(-c3ccc(-c4cnc([C@@H]5CCCN5C(=O)[C@@H](NC(=O)OC)C(C)C)[nH]4)cc3)cc2)cc1)C(C)C. The molecule has 0 radical (unpaired) electrons. The molecule has 4 aromatic rings. The molecule has 4 N–H and O–H groups in total. The van der Waals surface area contributed by atoms with E-state index in [2.05, 4.69) is 62.3 Å². The zero-order valence-corrected chi connectivity index (χ0v) is 33.9. The van der Waals surface area contributed by atoms with Gasteiger partial charge >= 0.3 is 12.2 Å². The number of H-pyrrole nitrogens is 1. The fraction of sp³-hybridized carbons (Fsp3) is 0.409. The van der Waals surface area contributed by atoms with Crippen LogP contribution in [-0.4, -0.2) is 95.1 Å². The van der Waals surface area contributed by atoms with Crippen LogP contribution in [0, 0.1) is 11.8 Å². The highest BCUT2D eigenvalue weighted by molar-refractivity contribution is 5.99. The monoisotopic (exact) mass is 791 g/mol. The third-order valence-corrected chi connectivity index (χ3v) is 11.0. The molecule has 5 amide bonds. The predicted octanol–water partition coefficient (Wildman–Crippen LogP) is 6.76. The highest BCUT2D eigenvalue weighted by Gasteiger charge is 2.39. The molecule has 0 saturated carbocycles. The van der Waals surface area contributed by atoms with Gasteiger partial charge in [0.2, 0.25) is 17.7 Å². The van der Waals surface area contributed by atoms with Gasteiger partial charge in [-0.1, -0.05) is 88.4 Å². The summed E-state index contributed by atoms with van der Waals surface area (Å²) in [4.78, 5) is 75.5. The zero-order valence-electron chi connectivity index (χ0n) is 33.9. The molecule has 2 aliphatic rings. The standard InChI is InChI=1S/C44H53N7O7/c1-26(2)37(48-43(55)57-5)41(53)50-23-7-9-35(50)39-45-25-34(47-39)32-17-15-30(16-18-32)28-11-13-29(14-12-28)31-19-21-33(22-20-31)46-40(52)36-10-8-24-51(36)42(54)38(27(3)4)49-44(56)58-6/h11-22,25-27,35-38H,7-10,23-24H2,1-6H3,(H,45,47)(H,46,52)(H,48,55)(H,49,56)/t35-,36-,37-,38-/m0/s1. The van der Waals surface area contributed by atoms with Crippen molar-refractivity contribution < 1.29 is 33.4 Å². The summed E-state index contributed by atoms with van der Waals surface area (Å²) in [6, 6.07) is 21.8. The molecule has 14 nitrogen and oxygen atoms in total. The lowest BCUT2D eigenvalue weighted by atomic mass is 9.99. The summed E-state index contributed by atoms with van der Waals surface area (Å²) in [7, 11) is 2.54. The molecule has 3 aromatic carbocycles. The Balaban J connectivity index is 1.06. The lowest BCUT2D eigenvalue weighted by Crippen LogP contribution is -2.54. The summed E-state index contributed by atoms with van der Waals surface area (Å²) in [6.45, 7) is 8.50. The van der Waals surface area contributed by atoms with Crippen LogP contribution in [0.5, 0.6) is 0 Å². The molecule has 2 aliphatic heterocycles. The van der Waals surface area contributed by atoms with Crippen LogP contribution in [-0.2, 0) is 23.9 Å². The minimum atomic E-state index is -0.792. The number of ether oxygens (including phenoxy) is 2. The average molecular weight is 792 g/mol. The van der Waals surface area contributed by atoms with Gasteiger partial charge in [0.25, 0.3) is 0 Å². The lowest BCUT2D eigenvalue weighted by Gasteiger charge is -2.30. The van der Waals surface area contributed by atoms with Crippen molar-refractivity contribution >= 4 is 35.6 Å². The van der Waals surface area contributed by atoms with Gasteiger partial charge in [0, 0.05) is 18.8 Å². The van der Waals surface area contributed by atoms with Crippen molar-refractivity contribution in [1.82, 2.24) is 30.4 Å². The molecule has 0 bridgehead atoms. The predicted molar refractivity (Wildman–Crippen MR) is 220 cm³/mol. The first kappa shape index (κ1) is 41.5. The second-order valence-corrected chi connectivity index (χ2v) is 15.5. The number of likely N-dealkylation sites (tertiary alicyclic amines) is 2. The van der Waals surface area contributed by atoms with E-state index in [-0.39, 0.29) is 35.6 Å². The highest BCUT2D eigenvalue weighted by atomic mass is 16.5. The lowest BCUT2D eigenvalue weighted by molar-refractivity contribution is -0.139. The Labute approximate surface area is 339 Å². The van der Waals surface area contributed by atoms with Crippen LogP contribution in [0.15, 0.2) is 79.0 Å². The van der Waals surface area contributed by atoms with E-state index < -0.39 is 30.3 Å². The van der Waals surface area contributed by atoms with Gasteiger partial charge in [-0.2, -0.15) is 0 Å². The largest absolute Gasteiger partial charge is 0.453 e. The number of anilines is 1. The number of imidazole rings is 1. The van der Waals surface area contributed by atoms with Crippen molar-refractivity contribution in [3.8, 4) is 33.5 Å². The number of carbonyl (C=O) groups excluding carboxylic acids is 5. The third-order valence-electron chi connectivity index (χ3n) is 11.0. The van der Waals surface area contributed by atoms with Crippen LogP contribution in [0.4, 0.5) is 15.3 Å². The van der Waals surface area contributed by atoms with Gasteiger partial charge in [0.15, 0.2) is 0 Å². The van der Waals surface area contributed by atoms with E-state index in [9.17, 15) is 24.0 Å². The molecule has 0 spiro atoms. The third kappa shape index (κ3) is 9.33. The van der Waals surface area contributed by atoms with Gasteiger partial charge in [0.05, 0.1) is 32.2 Å². The van der Waals surface area contributed by atoms with Gasteiger partial charge in [-0.25, -0.2) is 14.6 Å². The van der Waals surface area contributed by atoms with E-state index >= 15 is 0 Å². The molecule has 6 rings (SSSR count). The molecule has 58 heavy (non-hydrogen) atoms. The normalized spacial score (nSPS) is 17.5. The van der Waals surface area contributed by atoms with Crippen molar-refractivity contribution in [2.24, 2.45) is 11.8 Å². The van der Waals surface area contributed by atoms with Gasteiger partial charge in [-0.05, 0) is 77.5 Å². The molecule has 0 unspecified atom stereocenters. The van der Waals surface area contributed by atoms with Crippen LogP contribution >= 0.6 is 0 Å². The number of amides is 5. The number of nitrogens with one attached hydrogen (secondary N) is 4. The number of benzene rings is 3. The number of methoxy groups -OCH3 is 2. The maximum absolute atomic E-state index is 13.5. The van der Waals surface area contributed by atoms with Crippen LogP contribution in [0.1, 0.15) is 65.2 Å². The second kappa shape index (κ2) is 18.4. The number of carbonyl (C=O) groups is 5. The number of aromatic nitrogens is 2. The second-order valence-electron chi connectivity index (χ2n) is 15.5. The van der Waals surface area contributed by atoms with Crippen LogP contribution in [0.2, 0.25) is 0 Å². The number of nitrogens with zero attached hydrogens (tertiary/aromatic N) is 3. The summed E-state index contributed by atoms with van der Waals surface area (Å²) >= 11 is 0. The maximum Gasteiger partial charge on any atom is 0.407 e. The molecule has 2 saturated heterocycles. The number of aromatic amines is 1. The molecular weight excluding hydrogens is 739 g/mol. The van der Waals surface area contributed by atoms with Gasteiger partial charge in [0.1, 0.15) is 23.9 Å². The van der Waals surface area contributed by atoms with Crippen molar-refractivity contribution in [2.75, 3.05) is 32.6 Å². The molecule has 4 atom stereocenters. The average Bonchev–Trinajstić information content (AvgIpc) is 4.03. The quantitative estimate of drug-likeness (QED) is 0.122. The fourth-order valence-electron chi connectivity index (χ4n) is 7.70. The Hall–Kier alpha value is -6.18. The minimum Gasteiger partial charge on any atom is -0.453 e. The Bertz CT molecular complexity index is 2080. The van der Waals surface area contributed by atoms with E-state index in [1.54, 1.807) is 16.0 Å². The first-order valence-electron chi connectivity index (χ1n) is 19.9. The fourth-order valence-corrected chi connectivity index (χ4v) is 7.70. The van der Waals surface area contributed by atoms with Gasteiger partial charge in [-0.15, -0.1) is 0 Å². The zero-order chi connectivity index (χ0) is 41.5. The Kier molecular flexibility index (Phi) is 13.1. The van der Waals surface area contributed by atoms with Crippen molar-refractivity contribution in [1.29, 1.82) is 0 Å². The van der Waals surface area contributed by atoms with E-state index in [1.807, 2.05) is 64.1 Å². The van der Waals surface area contributed by atoms with E-state index in [0.29, 0.717) is 31.6 Å². The molecule has 3 heterocycles. The first-order valence-corrected chi connectivity index (χ1v) is 19.9. The molecule has 0 aliphatic carbocycles. The topological polar surface area (TPSA) is 175 Å². The van der Waals surface area contributed by atoms with Gasteiger partial charge < -0.3 is 40.2 Å². The molecule has 2 fully saturated rings. The Morgan fingerprint density at radius 3 is 1.60 bits per heavy atom. The summed E-state index contributed by atoms with van der Waals surface area (Å²) in [6.07, 6.45) is 3.34. The van der Waals surface area contributed by atoms with E-state index in [0.717, 1.165) is 52.2 Å². The summed E-state index contributed by atoms with van der Waals surface area (Å²) in [5.41, 5.74) is 6.57. The maximum atomic E-state index is 13.5. The summed E-state index contributed by atoms with van der Waals surface area (Å²) in [5, 5.41) is 8.27. The van der Waals surface area contributed by atoms with Crippen LogP contribution in [0.25, 0.3) is 33.5 Å². The Morgan fingerprint density at radius 1 is 0.655 bits per heavy atom. The molecule has 306 valence electrons. The van der Waals surface area contributed by atoms with Crippen molar-refractivity contribution in [2.45, 2.75) is 77.5 Å². The number of hydrogen-bond acceptors (Lipinski definition) is 8. The smallest absolute Gasteiger partial charge is 0.407 e. The van der Waals surface area contributed by atoms with E-state index in [4.69, 9.17) is 9.47 Å². The highest BCUT2D eigenvalue weighted by Crippen LogP contribution is 2.34. The van der Waals surface area contributed by atoms with E-state index in [1.165, 1.54) is 14.2 Å². The minimum absolute atomic E-state index is 0.109. The van der Waals surface area contributed by atoms with Crippen LogP contribution in [0.3, 0.4) is 0 Å². The molecule has 14 heteroatoms. The van der Waals surface area contributed by atoms with Crippen LogP contribution < -0.4 is 16.0 Å². The van der Waals surface area contributed by atoms with Gasteiger partial charge in [-0.3, -0.25) is 14.4 Å². The summed E-state index contributed by atoms with van der Waals surface area (Å²) in [5.74, 6) is -0.277. The van der Waals surface area contributed by atoms with Crippen molar-refractivity contribution in [3.05, 3.63) is 84.8 Å². The Morgan fingerprint density at radius 2 is 1.10 bits per heavy atom. The molecule has 1 aromatic heterocycles. The number of alkyl carbamates (subject to hydrolysis) is 2. The molecular formula is C44H53N7O7. The number of rotatable bonds is 12.